The average molecular weight is 299 g/mol. The fourth-order valence-electron chi connectivity index (χ4n) is 2.93. The van der Waals surface area contributed by atoms with Gasteiger partial charge in [-0.05, 0) is 31.0 Å². The van der Waals surface area contributed by atoms with Crippen LogP contribution in [0.15, 0.2) is 24.3 Å². The fraction of sp³-hybridized carbons (Fsp3) is 0.471. The molecule has 1 N–H and O–H groups in total. The minimum atomic E-state index is -0.140. The number of nitriles is 1. The van der Waals surface area contributed by atoms with Crippen LogP contribution in [0.4, 0.5) is 5.69 Å². The summed E-state index contributed by atoms with van der Waals surface area (Å²) in [5, 5.41) is 11.6. The van der Waals surface area contributed by atoms with Crippen LogP contribution in [0.5, 0.6) is 0 Å². The van der Waals surface area contributed by atoms with Gasteiger partial charge in [0, 0.05) is 31.6 Å². The van der Waals surface area contributed by atoms with Gasteiger partial charge in [0.25, 0.3) is 0 Å². The first kappa shape index (κ1) is 16.0. The molecule has 1 saturated carbocycles. The van der Waals surface area contributed by atoms with Gasteiger partial charge in [-0.15, -0.1) is 0 Å². The molecule has 22 heavy (non-hydrogen) atoms. The van der Waals surface area contributed by atoms with Crippen molar-refractivity contribution >= 4 is 17.5 Å². The monoisotopic (exact) mass is 299 g/mol. The van der Waals surface area contributed by atoms with Crippen LogP contribution in [-0.2, 0) is 9.59 Å². The van der Waals surface area contributed by atoms with Gasteiger partial charge < -0.3 is 10.2 Å². The van der Waals surface area contributed by atoms with Gasteiger partial charge in [0.15, 0.2) is 0 Å². The summed E-state index contributed by atoms with van der Waals surface area (Å²) >= 11 is 0. The first-order valence-electron chi connectivity index (χ1n) is 7.67. The topological polar surface area (TPSA) is 73.2 Å². The maximum atomic E-state index is 12.0. The zero-order chi connectivity index (χ0) is 15.9. The van der Waals surface area contributed by atoms with Gasteiger partial charge in [-0.25, -0.2) is 0 Å². The quantitative estimate of drug-likeness (QED) is 0.908. The van der Waals surface area contributed by atoms with Gasteiger partial charge >= 0.3 is 0 Å². The van der Waals surface area contributed by atoms with E-state index in [0.717, 1.165) is 25.7 Å². The number of amides is 2. The molecule has 0 aromatic heterocycles. The number of carbonyl (C=O) groups excluding carboxylic acids is 2. The fourth-order valence-corrected chi connectivity index (χ4v) is 2.93. The number of rotatable bonds is 5. The Morgan fingerprint density at radius 2 is 2.09 bits per heavy atom. The van der Waals surface area contributed by atoms with Crippen molar-refractivity contribution in [3.05, 3.63) is 29.8 Å². The largest absolute Gasteiger partial charge is 0.339 e. The second-order valence-electron chi connectivity index (χ2n) is 5.64. The average Bonchev–Trinajstić information content (AvgIpc) is 3.01. The first-order valence-corrected chi connectivity index (χ1v) is 7.67. The van der Waals surface area contributed by atoms with Crippen molar-refractivity contribution in [3.63, 3.8) is 0 Å². The zero-order valence-corrected chi connectivity index (χ0v) is 12.8. The molecule has 0 heterocycles. The lowest BCUT2D eigenvalue weighted by Gasteiger charge is -2.27. The summed E-state index contributed by atoms with van der Waals surface area (Å²) in [7, 11) is 0. The van der Waals surface area contributed by atoms with E-state index in [1.165, 1.54) is 0 Å². The molecule has 1 aromatic carbocycles. The third-order valence-electron chi connectivity index (χ3n) is 4.03. The van der Waals surface area contributed by atoms with Crippen molar-refractivity contribution in [3.8, 4) is 6.07 Å². The van der Waals surface area contributed by atoms with Crippen molar-refractivity contribution in [2.45, 2.75) is 45.1 Å². The van der Waals surface area contributed by atoms with Crippen LogP contribution in [0.3, 0.4) is 0 Å². The minimum absolute atomic E-state index is 0.0335. The van der Waals surface area contributed by atoms with Gasteiger partial charge in [-0.2, -0.15) is 5.26 Å². The van der Waals surface area contributed by atoms with Gasteiger partial charge in [0.2, 0.25) is 11.8 Å². The van der Waals surface area contributed by atoms with Crippen LogP contribution >= 0.6 is 0 Å². The highest BCUT2D eigenvalue weighted by molar-refractivity contribution is 5.91. The van der Waals surface area contributed by atoms with Crippen LogP contribution in [-0.4, -0.2) is 29.3 Å². The van der Waals surface area contributed by atoms with E-state index >= 15 is 0 Å². The number of benzene rings is 1. The van der Waals surface area contributed by atoms with E-state index < -0.39 is 0 Å². The molecule has 1 aromatic rings. The molecule has 0 unspecified atom stereocenters. The van der Waals surface area contributed by atoms with Crippen molar-refractivity contribution in [2.75, 3.05) is 11.9 Å². The lowest BCUT2D eigenvalue weighted by Crippen LogP contribution is -2.39. The molecule has 0 radical (unpaired) electrons. The van der Waals surface area contributed by atoms with Crippen LogP contribution in [0, 0.1) is 11.3 Å². The molecule has 0 aliphatic heterocycles. The maximum absolute atomic E-state index is 12.0. The number of nitrogens with zero attached hydrogens (tertiary/aromatic N) is 2. The number of anilines is 1. The number of hydrogen-bond acceptors (Lipinski definition) is 3. The molecule has 1 fully saturated rings. The van der Waals surface area contributed by atoms with E-state index in [0.29, 0.717) is 17.8 Å². The molecule has 1 aliphatic carbocycles. The molecule has 5 nitrogen and oxygen atoms in total. The standard InChI is InChI=1S/C17H21N3O2/c1-13(21)20(16-7-2-3-8-16)10-9-17(22)19-15-6-4-5-14(11-15)12-18/h4-6,11,16H,2-3,7-10H2,1H3,(H,19,22). The van der Waals surface area contributed by atoms with E-state index in [-0.39, 0.29) is 24.3 Å². The molecule has 0 atom stereocenters. The second-order valence-corrected chi connectivity index (χ2v) is 5.64. The van der Waals surface area contributed by atoms with E-state index in [4.69, 9.17) is 5.26 Å². The molecule has 2 amide bonds. The lowest BCUT2D eigenvalue weighted by atomic mass is 10.2. The normalized spacial score (nSPS) is 14.4. The van der Waals surface area contributed by atoms with Gasteiger partial charge in [-0.3, -0.25) is 9.59 Å². The number of nitrogens with one attached hydrogen (secondary N) is 1. The zero-order valence-electron chi connectivity index (χ0n) is 12.8. The van der Waals surface area contributed by atoms with Gasteiger partial charge in [0.05, 0.1) is 11.6 Å². The highest BCUT2D eigenvalue weighted by atomic mass is 16.2. The van der Waals surface area contributed by atoms with Crippen LogP contribution in [0.25, 0.3) is 0 Å². The molecule has 0 spiro atoms. The Labute approximate surface area is 130 Å². The number of hydrogen-bond donors (Lipinski definition) is 1. The van der Waals surface area contributed by atoms with E-state index in [1.54, 1.807) is 31.2 Å². The Hall–Kier alpha value is -2.35. The van der Waals surface area contributed by atoms with E-state index in [1.807, 2.05) is 11.0 Å². The smallest absolute Gasteiger partial charge is 0.226 e. The van der Waals surface area contributed by atoms with Crippen molar-refractivity contribution < 1.29 is 9.59 Å². The van der Waals surface area contributed by atoms with Crippen molar-refractivity contribution in [2.24, 2.45) is 0 Å². The third-order valence-corrected chi connectivity index (χ3v) is 4.03. The highest BCUT2D eigenvalue weighted by Gasteiger charge is 2.24. The highest BCUT2D eigenvalue weighted by Crippen LogP contribution is 2.23. The predicted molar refractivity (Wildman–Crippen MR) is 84.0 cm³/mol. The Morgan fingerprint density at radius 3 is 2.73 bits per heavy atom. The molecule has 5 heteroatoms. The molecule has 0 bridgehead atoms. The Kier molecular flexibility index (Phi) is 5.54. The Morgan fingerprint density at radius 1 is 1.36 bits per heavy atom. The summed E-state index contributed by atoms with van der Waals surface area (Å²) in [6.07, 6.45) is 4.65. The molecule has 116 valence electrons. The summed E-state index contributed by atoms with van der Waals surface area (Å²) in [5.41, 5.74) is 1.12. The number of carbonyl (C=O) groups is 2. The molecule has 1 aliphatic rings. The summed E-state index contributed by atoms with van der Waals surface area (Å²) in [6, 6.07) is 9.13. The van der Waals surface area contributed by atoms with Crippen molar-refractivity contribution in [1.29, 1.82) is 5.26 Å². The lowest BCUT2D eigenvalue weighted by molar-refractivity contribution is -0.131. The third kappa shape index (κ3) is 4.32. The Balaban J connectivity index is 1.88. The second kappa shape index (κ2) is 7.60. The van der Waals surface area contributed by atoms with E-state index in [2.05, 4.69) is 5.32 Å². The summed E-state index contributed by atoms with van der Waals surface area (Å²) in [5.74, 6) is -0.106. The SMILES string of the molecule is CC(=O)N(CCC(=O)Nc1cccc(C#N)c1)C1CCCC1. The van der Waals surface area contributed by atoms with E-state index in [9.17, 15) is 9.59 Å². The van der Waals surface area contributed by atoms with Crippen molar-refractivity contribution in [1.82, 2.24) is 4.90 Å². The predicted octanol–water partition coefficient (Wildman–Crippen LogP) is 2.68. The molecule has 2 rings (SSSR count). The summed E-state index contributed by atoms with van der Waals surface area (Å²) < 4.78 is 0. The van der Waals surface area contributed by atoms with Crippen LogP contribution in [0.2, 0.25) is 0 Å². The molecular formula is C17H21N3O2. The molecular weight excluding hydrogens is 278 g/mol. The first-order chi connectivity index (χ1) is 10.6. The minimum Gasteiger partial charge on any atom is -0.339 e. The maximum Gasteiger partial charge on any atom is 0.226 e. The molecule has 0 saturated heterocycles. The van der Waals surface area contributed by atoms with Gasteiger partial charge in [-0.1, -0.05) is 18.9 Å². The van der Waals surface area contributed by atoms with Gasteiger partial charge in [0.1, 0.15) is 0 Å². The van der Waals surface area contributed by atoms with Crippen LogP contribution < -0.4 is 5.32 Å². The Bertz CT molecular complexity index is 586. The van der Waals surface area contributed by atoms with Crippen LogP contribution in [0.1, 0.15) is 44.6 Å². The summed E-state index contributed by atoms with van der Waals surface area (Å²) in [6.45, 7) is 2.01. The summed E-state index contributed by atoms with van der Waals surface area (Å²) in [4.78, 5) is 25.6.